The zero-order chi connectivity index (χ0) is 12.1. The molecule has 1 rings (SSSR count). The third kappa shape index (κ3) is 2.56. The molecule has 4 nitrogen and oxygen atoms in total. The van der Waals surface area contributed by atoms with Crippen LogP contribution < -0.4 is 4.74 Å². The van der Waals surface area contributed by atoms with Crippen LogP contribution in [0.3, 0.4) is 0 Å². The summed E-state index contributed by atoms with van der Waals surface area (Å²) in [4.78, 5) is 21.6. The molecule has 0 aliphatic carbocycles. The van der Waals surface area contributed by atoms with E-state index in [2.05, 4.69) is 4.74 Å². The van der Waals surface area contributed by atoms with Crippen molar-refractivity contribution in [2.24, 2.45) is 0 Å². The Morgan fingerprint density at radius 2 is 2.12 bits per heavy atom. The molecule has 0 amide bonds. The van der Waals surface area contributed by atoms with Crippen LogP contribution in [0.25, 0.3) is 0 Å². The summed E-state index contributed by atoms with van der Waals surface area (Å²) in [5.41, 5.74) is 0.324. The molecule has 0 spiro atoms. The van der Waals surface area contributed by atoms with Crippen LogP contribution in [0.2, 0.25) is 0 Å². The molecule has 0 saturated heterocycles. The molecule has 0 N–H and O–H groups in total. The Morgan fingerprint density at radius 1 is 1.44 bits per heavy atom. The second kappa shape index (κ2) is 5.25. The van der Waals surface area contributed by atoms with E-state index in [0.29, 0.717) is 6.29 Å². The standard InChI is InChI=1S/C11H11FO4/c1-15-9-4-7(6-13)3-8(11(9)12)5-10(14)16-2/h3-4,6H,5H2,1-2H3. The Kier molecular flexibility index (Phi) is 3.99. The van der Waals surface area contributed by atoms with Crippen LogP contribution in [0.15, 0.2) is 12.1 Å². The highest BCUT2D eigenvalue weighted by Crippen LogP contribution is 2.22. The number of hydrogen-bond donors (Lipinski definition) is 0. The Hall–Kier alpha value is -1.91. The summed E-state index contributed by atoms with van der Waals surface area (Å²) < 4.78 is 22.8. The van der Waals surface area contributed by atoms with Crippen molar-refractivity contribution in [3.05, 3.63) is 29.1 Å². The predicted molar refractivity (Wildman–Crippen MR) is 54.1 cm³/mol. The van der Waals surface area contributed by atoms with E-state index in [1.807, 2.05) is 0 Å². The van der Waals surface area contributed by atoms with E-state index in [4.69, 9.17) is 4.74 Å². The van der Waals surface area contributed by atoms with Crippen LogP contribution in [0.5, 0.6) is 5.75 Å². The summed E-state index contributed by atoms with van der Waals surface area (Å²) in [6.45, 7) is 0. The van der Waals surface area contributed by atoms with E-state index in [1.165, 1.54) is 26.4 Å². The first kappa shape index (κ1) is 12.2. The Bertz CT molecular complexity index is 415. The highest BCUT2D eigenvalue weighted by atomic mass is 19.1. The lowest BCUT2D eigenvalue weighted by molar-refractivity contribution is -0.139. The minimum absolute atomic E-state index is 0.0662. The second-order valence-corrected chi connectivity index (χ2v) is 3.07. The van der Waals surface area contributed by atoms with E-state index in [0.717, 1.165) is 0 Å². The minimum atomic E-state index is -0.654. The summed E-state index contributed by atoms with van der Waals surface area (Å²) in [5.74, 6) is -1.30. The molecule has 0 aliphatic heterocycles. The van der Waals surface area contributed by atoms with Gasteiger partial charge < -0.3 is 9.47 Å². The molecule has 0 heterocycles. The summed E-state index contributed by atoms with van der Waals surface area (Å²) in [6, 6.07) is 2.56. The summed E-state index contributed by atoms with van der Waals surface area (Å²) in [7, 11) is 2.50. The van der Waals surface area contributed by atoms with Crippen LogP contribution in [0.4, 0.5) is 4.39 Å². The maximum atomic E-state index is 13.6. The van der Waals surface area contributed by atoms with Gasteiger partial charge in [-0.05, 0) is 12.1 Å². The average Bonchev–Trinajstić information content (AvgIpc) is 2.31. The van der Waals surface area contributed by atoms with Crippen LogP contribution in [-0.4, -0.2) is 26.5 Å². The normalized spacial score (nSPS) is 9.69. The number of benzene rings is 1. The predicted octanol–water partition coefficient (Wildman–Crippen LogP) is 1.36. The third-order valence-corrected chi connectivity index (χ3v) is 2.06. The van der Waals surface area contributed by atoms with Gasteiger partial charge in [-0.15, -0.1) is 0 Å². The van der Waals surface area contributed by atoms with Crippen LogP contribution >= 0.6 is 0 Å². The van der Waals surface area contributed by atoms with Gasteiger partial charge in [-0.3, -0.25) is 9.59 Å². The lowest BCUT2D eigenvalue weighted by Crippen LogP contribution is -2.07. The fraction of sp³-hybridized carbons (Fsp3) is 0.273. The number of carbonyl (C=O) groups is 2. The molecule has 1 aromatic rings. The van der Waals surface area contributed by atoms with Gasteiger partial charge in [0.25, 0.3) is 0 Å². The van der Waals surface area contributed by atoms with Crippen molar-refractivity contribution in [3.63, 3.8) is 0 Å². The molecule has 0 bridgehead atoms. The molecule has 0 radical (unpaired) electrons. The number of rotatable bonds is 4. The zero-order valence-electron chi connectivity index (χ0n) is 8.95. The monoisotopic (exact) mass is 226 g/mol. The number of methoxy groups -OCH3 is 2. The van der Waals surface area contributed by atoms with Crippen molar-refractivity contribution in [1.82, 2.24) is 0 Å². The number of halogens is 1. The zero-order valence-corrected chi connectivity index (χ0v) is 8.95. The number of carbonyl (C=O) groups excluding carboxylic acids is 2. The van der Waals surface area contributed by atoms with Crippen molar-refractivity contribution in [2.75, 3.05) is 14.2 Å². The van der Waals surface area contributed by atoms with Crippen LogP contribution in [0, 0.1) is 5.82 Å². The van der Waals surface area contributed by atoms with Gasteiger partial charge in [0, 0.05) is 11.1 Å². The van der Waals surface area contributed by atoms with Crippen molar-refractivity contribution in [3.8, 4) is 5.75 Å². The molecule has 0 aliphatic rings. The van der Waals surface area contributed by atoms with Gasteiger partial charge in [0.05, 0.1) is 20.6 Å². The topological polar surface area (TPSA) is 52.6 Å². The van der Waals surface area contributed by atoms with Crippen LogP contribution in [-0.2, 0) is 16.0 Å². The minimum Gasteiger partial charge on any atom is -0.494 e. The molecule has 0 aromatic heterocycles. The Labute approximate surface area is 92.0 Å². The number of aldehydes is 1. The lowest BCUT2D eigenvalue weighted by atomic mass is 10.1. The van der Waals surface area contributed by atoms with Gasteiger partial charge >= 0.3 is 5.97 Å². The summed E-state index contributed by atoms with van der Waals surface area (Å²) >= 11 is 0. The van der Waals surface area contributed by atoms with Gasteiger partial charge in [0.1, 0.15) is 6.29 Å². The molecule has 16 heavy (non-hydrogen) atoms. The van der Waals surface area contributed by atoms with Crippen molar-refractivity contribution < 1.29 is 23.5 Å². The van der Waals surface area contributed by atoms with E-state index < -0.39 is 11.8 Å². The Balaban J connectivity index is 3.15. The fourth-order valence-corrected chi connectivity index (χ4v) is 1.25. The molecular formula is C11H11FO4. The van der Waals surface area contributed by atoms with E-state index in [9.17, 15) is 14.0 Å². The molecule has 1 aromatic carbocycles. The molecule has 0 saturated carbocycles. The SMILES string of the molecule is COC(=O)Cc1cc(C=O)cc(OC)c1F. The maximum absolute atomic E-state index is 13.6. The van der Waals surface area contributed by atoms with E-state index in [-0.39, 0.29) is 23.3 Å². The second-order valence-electron chi connectivity index (χ2n) is 3.07. The molecular weight excluding hydrogens is 215 g/mol. The quantitative estimate of drug-likeness (QED) is 0.574. The van der Waals surface area contributed by atoms with Gasteiger partial charge in [-0.1, -0.05) is 0 Å². The fourth-order valence-electron chi connectivity index (χ4n) is 1.25. The largest absolute Gasteiger partial charge is 0.494 e. The highest BCUT2D eigenvalue weighted by molar-refractivity contribution is 5.78. The first-order valence-electron chi connectivity index (χ1n) is 4.50. The molecule has 0 unspecified atom stereocenters. The lowest BCUT2D eigenvalue weighted by Gasteiger charge is -2.07. The first-order valence-corrected chi connectivity index (χ1v) is 4.50. The molecule has 0 atom stereocenters. The van der Waals surface area contributed by atoms with Crippen LogP contribution in [0.1, 0.15) is 15.9 Å². The van der Waals surface area contributed by atoms with Gasteiger partial charge in [-0.25, -0.2) is 4.39 Å². The number of ether oxygens (including phenoxy) is 2. The summed E-state index contributed by atoms with van der Waals surface area (Å²) in [5, 5.41) is 0. The highest BCUT2D eigenvalue weighted by Gasteiger charge is 2.14. The van der Waals surface area contributed by atoms with Gasteiger partial charge in [-0.2, -0.15) is 0 Å². The van der Waals surface area contributed by atoms with E-state index >= 15 is 0 Å². The number of esters is 1. The average molecular weight is 226 g/mol. The third-order valence-electron chi connectivity index (χ3n) is 2.06. The first-order chi connectivity index (χ1) is 7.62. The van der Waals surface area contributed by atoms with Crippen molar-refractivity contribution in [1.29, 1.82) is 0 Å². The van der Waals surface area contributed by atoms with Crippen molar-refractivity contribution in [2.45, 2.75) is 6.42 Å². The Morgan fingerprint density at radius 3 is 2.62 bits per heavy atom. The molecule has 0 fully saturated rings. The molecule has 86 valence electrons. The maximum Gasteiger partial charge on any atom is 0.310 e. The summed E-state index contributed by atoms with van der Waals surface area (Å²) in [6.07, 6.45) is 0.323. The van der Waals surface area contributed by atoms with Crippen molar-refractivity contribution >= 4 is 12.3 Å². The smallest absolute Gasteiger partial charge is 0.310 e. The van der Waals surface area contributed by atoms with Gasteiger partial charge in [0.15, 0.2) is 11.6 Å². The molecule has 5 heteroatoms. The number of hydrogen-bond acceptors (Lipinski definition) is 4. The van der Waals surface area contributed by atoms with Gasteiger partial charge in [0.2, 0.25) is 0 Å². The van der Waals surface area contributed by atoms with E-state index in [1.54, 1.807) is 0 Å².